The first-order valence-corrected chi connectivity index (χ1v) is 16.9. The van der Waals surface area contributed by atoms with Crippen molar-refractivity contribution in [3.63, 3.8) is 0 Å². The zero-order valence-electron chi connectivity index (χ0n) is 24.7. The minimum Gasteiger partial charge on any atom is -0.478 e. The molecule has 1 N–H and O–H groups in total. The molecule has 0 amide bonds. The Morgan fingerprint density at radius 2 is 1.33 bits per heavy atom. The van der Waals surface area contributed by atoms with Crippen molar-refractivity contribution in [2.75, 3.05) is 0 Å². The second kappa shape index (κ2) is 13.3. The van der Waals surface area contributed by atoms with E-state index in [4.69, 9.17) is 15.2 Å². The van der Waals surface area contributed by atoms with Crippen LogP contribution in [0.5, 0.6) is 0 Å². The normalized spacial score (nSPS) is 13.7. The highest BCUT2D eigenvalue weighted by Gasteiger charge is 2.27. The van der Waals surface area contributed by atoms with Crippen molar-refractivity contribution in [2.45, 2.75) is 64.4 Å². The van der Waals surface area contributed by atoms with Crippen molar-refractivity contribution in [3.8, 4) is 11.1 Å². The van der Waals surface area contributed by atoms with E-state index < -0.39 is 5.97 Å². The molecule has 0 bridgehead atoms. The third-order valence-corrected chi connectivity index (χ3v) is 10.2. The molecule has 0 radical (unpaired) electrons. The van der Waals surface area contributed by atoms with Crippen molar-refractivity contribution < 1.29 is 9.90 Å². The van der Waals surface area contributed by atoms with E-state index in [0.29, 0.717) is 23.6 Å². The Kier molecular flexibility index (Phi) is 8.67. The summed E-state index contributed by atoms with van der Waals surface area (Å²) < 4.78 is 2.38. The van der Waals surface area contributed by atoms with Gasteiger partial charge in [-0.2, -0.15) is 0 Å². The minimum atomic E-state index is -0.926. The number of fused-ring (bicyclic) bond motifs is 1. The van der Waals surface area contributed by atoms with Gasteiger partial charge in [-0.25, -0.2) is 9.78 Å². The van der Waals surface area contributed by atoms with Crippen molar-refractivity contribution in [1.29, 1.82) is 0 Å². The van der Waals surface area contributed by atoms with Crippen LogP contribution in [0, 0.1) is 0 Å². The first-order chi connectivity index (χ1) is 22.1. The maximum atomic E-state index is 11.9. The van der Waals surface area contributed by atoms with Gasteiger partial charge in [-0.1, -0.05) is 122 Å². The maximum absolute atomic E-state index is 11.9. The van der Waals surface area contributed by atoms with Crippen LogP contribution < -0.4 is 0 Å². The molecule has 224 valence electrons. The molecule has 6 nitrogen and oxygen atoms in total. The number of carboxylic acids is 1. The summed E-state index contributed by atoms with van der Waals surface area (Å²) in [5, 5.41) is 20.9. The van der Waals surface area contributed by atoms with Gasteiger partial charge in [0, 0.05) is 22.3 Å². The Bertz CT molecular complexity index is 1940. The summed E-state index contributed by atoms with van der Waals surface area (Å²) in [5.41, 5.74) is 4.92. The highest BCUT2D eigenvalue weighted by atomic mass is 32.2. The van der Waals surface area contributed by atoms with Gasteiger partial charge in [-0.15, -0.1) is 10.2 Å². The van der Waals surface area contributed by atoms with E-state index in [1.54, 1.807) is 35.7 Å². The van der Waals surface area contributed by atoms with Crippen LogP contribution in [0.4, 0.5) is 0 Å². The van der Waals surface area contributed by atoms with Gasteiger partial charge in [0.2, 0.25) is 0 Å². The van der Waals surface area contributed by atoms with Crippen LogP contribution in [0.3, 0.4) is 0 Å². The van der Waals surface area contributed by atoms with Gasteiger partial charge in [-0.05, 0) is 59.9 Å². The zero-order valence-corrected chi connectivity index (χ0v) is 26.3. The molecule has 8 heteroatoms. The molecule has 0 unspecified atom stereocenters. The van der Waals surface area contributed by atoms with Gasteiger partial charge in [0.25, 0.3) is 0 Å². The predicted molar refractivity (Wildman–Crippen MR) is 180 cm³/mol. The number of benzene rings is 4. The Morgan fingerprint density at radius 3 is 2.00 bits per heavy atom. The van der Waals surface area contributed by atoms with Crippen molar-refractivity contribution in [2.24, 2.45) is 0 Å². The number of aromatic carboxylic acids is 1. The molecule has 45 heavy (non-hydrogen) atoms. The van der Waals surface area contributed by atoms with E-state index in [-0.39, 0.29) is 0 Å². The number of rotatable bonds is 9. The van der Waals surface area contributed by atoms with Gasteiger partial charge in [0.15, 0.2) is 5.03 Å². The molecule has 7 rings (SSSR count). The molecule has 0 atom stereocenters. The van der Waals surface area contributed by atoms with E-state index in [1.165, 1.54) is 19.3 Å². The largest absolute Gasteiger partial charge is 0.478 e. The lowest BCUT2D eigenvalue weighted by Crippen LogP contribution is -2.13. The monoisotopic (exact) mass is 628 g/mol. The fraction of sp³-hybridized carbons (Fsp3) is 0.189. The van der Waals surface area contributed by atoms with Crippen molar-refractivity contribution in [1.82, 2.24) is 19.7 Å². The number of carbonyl (C=O) groups is 1. The summed E-state index contributed by atoms with van der Waals surface area (Å²) >= 11 is 3.23. The summed E-state index contributed by atoms with van der Waals surface area (Å²) in [6.07, 6.45) is 5.93. The summed E-state index contributed by atoms with van der Waals surface area (Å²) in [6.45, 7) is 0.632. The molecule has 1 aliphatic rings. The molecule has 6 aromatic rings. The van der Waals surface area contributed by atoms with Crippen molar-refractivity contribution in [3.05, 3.63) is 126 Å². The van der Waals surface area contributed by atoms with Crippen LogP contribution >= 0.6 is 23.5 Å². The standard InChI is InChI=1S/C37H32N4O2S2/c42-37(43)31-19-11-10-18-30(31)26-22-20-25(21-23-26)24-41-33-32(38-34(41)27-12-4-1-5-13-27)35(44-28-14-6-2-7-15-28)39-40-36(33)45-29-16-8-3-9-17-29/h2-3,6-11,14-23,27H,1,4-5,12-13,24H2,(H,42,43). The highest BCUT2D eigenvalue weighted by molar-refractivity contribution is 8.00. The molecular formula is C37H32N4O2S2. The average Bonchev–Trinajstić information content (AvgIpc) is 3.47. The van der Waals surface area contributed by atoms with E-state index in [2.05, 4.69) is 41.0 Å². The van der Waals surface area contributed by atoms with E-state index in [9.17, 15) is 9.90 Å². The molecule has 2 aromatic heterocycles. The number of hydrogen-bond acceptors (Lipinski definition) is 6. The lowest BCUT2D eigenvalue weighted by molar-refractivity contribution is 0.0697. The van der Waals surface area contributed by atoms with Crippen molar-refractivity contribution >= 4 is 40.5 Å². The number of hydrogen-bond donors (Lipinski definition) is 1. The molecule has 1 saturated carbocycles. The lowest BCUT2D eigenvalue weighted by Gasteiger charge is -2.22. The second-order valence-corrected chi connectivity index (χ2v) is 13.4. The van der Waals surface area contributed by atoms with E-state index in [1.807, 2.05) is 60.7 Å². The topological polar surface area (TPSA) is 80.9 Å². The van der Waals surface area contributed by atoms with Gasteiger partial charge in [-0.3, -0.25) is 0 Å². The van der Waals surface area contributed by atoms with Crippen LogP contribution in [0.1, 0.15) is 59.8 Å². The third-order valence-electron chi connectivity index (χ3n) is 8.28. The highest BCUT2D eigenvalue weighted by Crippen LogP contribution is 2.41. The van der Waals surface area contributed by atoms with Crippen LogP contribution in [0.25, 0.3) is 22.2 Å². The molecular weight excluding hydrogens is 597 g/mol. The molecule has 0 spiro atoms. The molecule has 0 aliphatic heterocycles. The Hall–Kier alpha value is -4.40. The lowest BCUT2D eigenvalue weighted by atomic mass is 9.88. The first-order valence-electron chi connectivity index (χ1n) is 15.3. The van der Waals surface area contributed by atoms with Crippen LogP contribution in [-0.4, -0.2) is 30.8 Å². The summed E-state index contributed by atoms with van der Waals surface area (Å²) in [6, 6.07) is 36.0. The first kappa shape index (κ1) is 29.3. The smallest absolute Gasteiger partial charge is 0.336 e. The Morgan fingerprint density at radius 1 is 0.733 bits per heavy atom. The van der Waals surface area contributed by atoms with E-state index in [0.717, 1.165) is 60.7 Å². The fourth-order valence-electron chi connectivity index (χ4n) is 6.09. The molecule has 2 heterocycles. The number of aromatic nitrogens is 4. The summed E-state index contributed by atoms with van der Waals surface area (Å²) in [4.78, 5) is 19.5. The van der Waals surface area contributed by atoms with Crippen LogP contribution in [-0.2, 0) is 6.54 Å². The molecule has 0 saturated heterocycles. The van der Waals surface area contributed by atoms with E-state index >= 15 is 0 Å². The molecule has 1 aliphatic carbocycles. The number of imidazole rings is 1. The second-order valence-electron chi connectivity index (χ2n) is 11.3. The fourth-order valence-corrected chi connectivity index (χ4v) is 7.82. The average molecular weight is 629 g/mol. The number of nitrogens with zero attached hydrogens (tertiary/aromatic N) is 4. The third kappa shape index (κ3) is 6.39. The van der Waals surface area contributed by atoms with Crippen LogP contribution in [0.15, 0.2) is 129 Å². The van der Waals surface area contributed by atoms with Gasteiger partial charge in [0.1, 0.15) is 21.9 Å². The summed E-state index contributed by atoms with van der Waals surface area (Å²) in [7, 11) is 0. The Balaban J connectivity index is 1.35. The maximum Gasteiger partial charge on any atom is 0.336 e. The number of carboxylic acid groups (broad SMARTS) is 1. The molecule has 4 aromatic carbocycles. The SMILES string of the molecule is O=C(O)c1ccccc1-c1ccc(Cn2c(C3CCCCC3)nc3c(Sc4ccccc4)nnc(Sc4ccccc4)c32)cc1. The van der Waals surface area contributed by atoms with Gasteiger partial charge in [0.05, 0.1) is 5.56 Å². The zero-order chi connectivity index (χ0) is 30.6. The summed E-state index contributed by atoms with van der Waals surface area (Å²) in [5.74, 6) is 0.548. The quantitative estimate of drug-likeness (QED) is 0.171. The van der Waals surface area contributed by atoms with Crippen LogP contribution in [0.2, 0.25) is 0 Å². The minimum absolute atomic E-state index is 0.301. The van der Waals surface area contributed by atoms with Gasteiger partial charge < -0.3 is 9.67 Å². The Labute approximate surface area is 271 Å². The molecule has 1 fully saturated rings. The van der Waals surface area contributed by atoms with Gasteiger partial charge >= 0.3 is 5.97 Å². The predicted octanol–water partition coefficient (Wildman–Crippen LogP) is 9.59.